The molecule has 3 rings (SSSR count). The van der Waals surface area contributed by atoms with E-state index in [1.807, 2.05) is 0 Å². The van der Waals surface area contributed by atoms with E-state index in [1.165, 1.54) is 33.4 Å². The molecule has 0 radical (unpaired) electrons. The van der Waals surface area contributed by atoms with E-state index >= 15 is 0 Å². The van der Waals surface area contributed by atoms with Gasteiger partial charge in [-0.15, -0.1) is 0 Å². The van der Waals surface area contributed by atoms with Gasteiger partial charge in [0.05, 0.1) is 0 Å². The second kappa shape index (κ2) is 5.34. The van der Waals surface area contributed by atoms with Crippen LogP contribution in [0.3, 0.4) is 0 Å². The van der Waals surface area contributed by atoms with Crippen molar-refractivity contribution in [2.24, 2.45) is 0 Å². The summed E-state index contributed by atoms with van der Waals surface area (Å²) in [5.41, 5.74) is 7.69. The highest BCUT2D eigenvalue weighted by atomic mass is 14.1. The van der Waals surface area contributed by atoms with Gasteiger partial charge in [0.15, 0.2) is 0 Å². The lowest BCUT2D eigenvalue weighted by molar-refractivity contribution is 1.46. The van der Waals surface area contributed by atoms with Crippen LogP contribution in [-0.4, -0.2) is 0 Å². The van der Waals surface area contributed by atoms with E-state index in [1.54, 1.807) is 0 Å². The third kappa shape index (κ3) is 2.65. The van der Waals surface area contributed by atoms with Gasteiger partial charge in [-0.3, -0.25) is 0 Å². The second-order valence-electron chi connectivity index (χ2n) is 5.32. The molecule has 0 aliphatic rings. The molecule has 0 atom stereocenters. The molecule has 20 heavy (non-hydrogen) atoms. The molecule has 0 heterocycles. The average Bonchev–Trinajstić information content (AvgIpc) is 2.47. The Balaban J connectivity index is 2.06. The van der Waals surface area contributed by atoms with Gasteiger partial charge in [-0.2, -0.15) is 0 Å². The fourth-order valence-electron chi connectivity index (χ4n) is 2.53. The lowest BCUT2D eigenvalue weighted by Crippen LogP contribution is -1.83. The van der Waals surface area contributed by atoms with Gasteiger partial charge < -0.3 is 0 Å². The fraction of sp³-hybridized carbons (Fsp3) is 0.100. The molecule has 98 valence electrons. The van der Waals surface area contributed by atoms with Crippen molar-refractivity contribution >= 4 is 0 Å². The third-order valence-electron chi connectivity index (χ3n) is 3.57. The molecule has 0 N–H and O–H groups in total. The van der Waals surface area contributed by atoms with Crippen LogP contribution >= 0.6 is 0 Å². The van der Waals surface area contributed by atoms with E-state index in [9.17, 15) is 0 Å². The Bertz CT molecular complexity index is 678. The number of benzene rings is 3. The highest BCUT2D eigenvalue weighted by Crippen LogP contribution is 2.27. The molecule has 0 amide bonds. The summed E-state index contributed by atoms with van der Waals surface area (Å²) < 4.78 is 0. The minimum Gasteiger partial charge on any atom is -0.0614 e. The fourth-order valence-corrected chi connectivity index (χ4v) is 2.53. The van der Waals surface area contributed by atoms with Gasteiger partial charge in [-0.25, -0.2) is 0 Å². The van der Waals surface area contributed by atoms with Gasteiger partial charge in [-0.1, -0.05) is 77.9 Å². The molecule has 0 heteroatoms. The summed E-state index contributed by atoms with van der Waals surface area (Å²) in [6.45, 7) is 4.27. The quantitative estimate of drug-likeness (QED) is 0.558. The monoisotopic (exact) mass is 258 g/mol. The van der Waals surface area contributed by atoms with Crippen molar-refractivity contribution in [1.29, 1.82) is 0 Å². The van der Waals surface area contributed by atoms with Gasteiger partial charge in [0, 0.05) is 0 Å². The van der Waals surface area contributed by atoms with Crippen molar-refractivity contribution in [2.75, 3.05) is 0 Å². The molecule has 0 saturated heterocycles. The number of hydrogen-bond acceptors (Lipinski definition) is 0. The van der Waals surface area contributed by atoms with Crippen molar-refractivity contribution in [3.8, 4) is 22.3 Å². The standard InChI is InChI=1S/C20H18/c1-15-6-3-8-17(12-15)19-10-5-11-20(14-19)18-9-4-7-16(2)13-18/h3-14H,1-2H3. The van der Waals surface area contributed by atoms with Crippen molar-refractivity contribution in [3.05, 3.63) is 83.9 Å². The molecule has 3 aromatic rings. The minimum atomic E-state index is 1.27. The zero-order valence-corrected chi connectivity index (χ0v) is 11.9. The maximum absolute atomic E-state index is 2.27. The van der Waals surface area contributed by atoms with Crippen LogP contribution < -0.4 is 0 Å². The molecule has 0 saturated carbocycles. The predicted molar refractivity (Wildman–Crippen MR) is 86.8 cm³/mol. The first kappa shape index (κ1) is 12.7. The Morgan fingerprint density at radius 2 is 0.800 bits per heavy atom. The molecular formula is C20H18. The van der Waals surface area contributed by atoms with Gasteiger partial charge in [-0.05, 0) is 42.2 Å². The molecule has 0 nitrogen and oxygen atoms in total. The Morgan fingerprint density at radius 3 is 1.20 bits per heavy atom. The SMILES string of the molecule is Cc1cccc(-c2cccc(-c3cccc(C)c3)c2)c1. The largest absolute Gasteiger partial charge is 0.0614 e. The van der Waals surface area contributed by atoms with Crippen LogP contribution in [0.2, 0.25) is 0 Å². The highest BCUT2D eigenvalue weighted by Gasteiger charge is 2.02. The molecule has 0 aromatic heterocycles. The van der Waals surface area contributed by atoms with Gasteiger partial charge in [0.25, 0.3) is 0 Å². The average molecular weight is 258 g/mol. The Kier molecular flexibility index (Phi) is 3.39. The first-order valence-electron chi connectivity index (χ1n) is 6.96. The van der Waals surface area contributed by atoms with Crippen LogP contribution in [0.25, 0.3) is 22.3 Å². The first-order chi connectivity index (χ1) is 9.72. The van der Waals surface area contributed by atoms with Crippen LogP contribution in [0.5, 0.6) is 0 Å². The summed E-state index contributed by atoms with van der Waals surface area (Å²) >= 11 is 0. The van der Waals surface area contributed by atoms with Crippen LogP contribution in [-0.2, 0) is 0 Å². The Hall–Kier alpha value is -2.34. The topological polar surface area (TPSA) is 0 Å². The molecule has 0 bridgehead atoms. The summed E-state index contributed by atoms with van der Waals surface area (Å²) in [7, 11) is 0. The zero-order chi connectivity index (χ0) is 13.9. The van der Waals surface area contributed by atoms with E-state index in [2.05, 4.69) is 86.6 Å². The molecule has 0 aliphatic carbocycles. The minimum absolute atomic E-state index is 1.27. The van der Waals surface area contributed by atoms with Crippen molar-refractivity contribution in [2.45, 2.75) is 13.8 Å². The van der Waals surface area contributed by atoms with E-state index in [0.717, 1.165) is 0 Å². The Morgan fingerprint density at radius 1 is 0.450 bits per heavy atom. The van der Waals surface area contributed by atoms with Crippen LogP contribution in [0.1, 0.15) is 11.1 Å². The summed E-state index contributed by atoms with van der Waals surface area (Å²) in [6, 6.07) is 26.0. The van der Waals surface area contributed by atoms with Gasteiger partial charge >= 0.3 is 0 Å². The normalized spacial score (nSPS) is 10.5. The van der Waals surface area contributed by atoms with Gasteiger partial charge in [0.1, 0.15) is 0 Å². The lowest BCUT2D eigenvalue weighted by atomic mass is 9.97. The highest BCUT2D eigenvalue weighted by molar-refractivity contribution is 5.73. The first-order valence-corrected chi connectivity index (χ1v) is 6.96. The van der Waals surface area contributed by atoms with Crippen LogP contribution in [0.4, 0.5) is 0 Å². The molecule has 0 spiro atoms. The zero-order valence-electron chi connectivity index (χ0n) is 11.9. The smallest absolute Gasteiger partial charge is 0.0178 e. The third-order valence-corrected chi connectivity index (χ3v) is 3.57. The molecule has 0 aliphatic heterocycles. The van der Waals surface area contributed by atoms with E-state index < -0.39 is 0 Å². The van der Waals surface area contributed by atoms with Crippen molar-refractivity contribution in [3.63, 3.8) is 0 Å². The molecular weight excluding hydrogens is 240 g/mol. The van der Waals surface area contributed by atoms with Crippen LogP contribution in [0, 0.1) is 13.8 Å². The van der Waals surface area contributed by atoms with E-state index in [4.69, 9.17) is 0 Å². The lowest BCUT2D eigenvalue weighted by Gasteiger charge is -2.07. The maximum Gasteiger partial charge on any atom is -0.0178 e. The van der Waals surface area contributed by atoms with Crippen LogP contribution in [0.15, 0.2) is 72.8 Å². The van der Waals surface area contributed by atoms with E-state index in [-0.39, 0.29) is 0 Å². The number of aryl methyl sites for hydroxylation is 2. The summed E-state index contributed by atoms with van der Waals surface area (Å²) in [6.07, 6.45) is 0. The predicted octanol–water partition coefficient (Wildman–Crippen LogP) is 5.64. The molecule has 3 aromatic carbocycles. The number of rotatable bonds is 2. The molecule has 0 fully saturated rings. The van der Waals surface area contributed by atoms with Gasteiger partial charge in [0.2, 0.25) is 0 Å². The van der Waals surface area contributed by atoms with Crippen molar-refractivity contribution < 1.29 is 0 Å². The number of hydrogen-bond donors (Lipinski definition) is 0. The Labute approximate surface area is 120 Å². The summed E-state index contributed by atoms with van der Waals surface area (Å²) in [5.74, 6) is 0. The summed E-state index contributed by atoms with van der Waals surface area (Å²) in [4.78, 5) is 0. The van der Waals surface area contributed by atoms with Crippen molar-refractivity contribution in [1.82, 2.24) is 0 Å². The van der Waals surface area contributed by atoms with E-state index in [0.29, 0.717) is 0 Å². The molecule has 0 unspecified atom stereocenters. The maximum atomic E-state index is 2.27. The summed E-state index contributed by atoms with van der Waals surface area (Å²) in [5, 5.41) is 0. The second-order valence-corrected chi connectivity index (χ2v) is 5.32.